The molecule has 1 fully saturated rings. The number of cyclic esters (lactones) is 1. The summed E-state index contributed by atoms with van der Waals surface area (Å²) < 4.78 is 5.24. The summed E-state index contributed by atoms with van der Waals surface area (Å²) >= 11 is 1.76. The van der Waals surface area contributed by atoms with E-state index in [1.165, 1.54) is 9.75 Å². The first kappa shape index (κ1) is 10.7. The Morgan fingerprint density at radius 2 is 2.13 bits per heavy atom. The summed E-state index contributed by atoms with van der Waals surface area (Å²) in [4.78, 5) is 13.5. The Morgan fingerprint density at radius 1 is 1.40 bits per heavy atom. The second-order valence-electron chi connectivity index (χ2n) is 4.97. The summed E-state index contributed by atoms with van der Waals surface area (Å²) in [7, 11) is 0. The lowest BCUT2D eigenvalue weighted by Crippen LogP contribution is -2.07. The van der Waals surface area contributed by atoms with Crippen LogP contribution in [-0.4, -0.2) is 5.97 Å². The lowest BCUT2D eigenvalue weighted by molar-refractivity contribution is -0.141. The topological polar surface area (TPSA) is 26.3 Å². The first-order valence-electron chi connectivity index (χ1n) is 5.26. The van der Waals surface area contributed by atoms with E-state index in [1.807, 2.05) is 0 Å². The van der Waals surface area contributed by atoms with E-state index in [1.54, 1.807) is 11.3 Å². The van der Waals surface area contributed by atoms with Gasteiger partial charge in [0.2, 0.25) is 0 Å². The highest BCUT2D eigenvalue weighted by Gasteiger charge is 2.27. The minimum Gasteiger partial charge on any atom is -0.457 e. The van der Waals surface area contributed by atoms with Gasteiger partial charge in [-0.2, -0.15) is 0 Å². The number of thiophene rings is 1. The molecule has 0 N–H and O–H groups in total. The fourth-order valence-corrected chi connectivity index (χ4v) is 2.78. The molecule has 1 aromatic rings. The van der Waals surface area contributed by atoms with E-state index in [9.17, 15) is 4.79 Å². The number of esters is 1. The van der Waals surface area contributed by atoms with Crippen LogP contribution in [0.3, 0.4) is 0 Å². The van der Waals surface area contributed by atoms with Crippen molar-refractivity contribution >= 4 is 17.3 Å². The van der Waals surface area contributed by atoms with Gasteiger partial charge in [0.15, 0.2) is 0 Å². The summed E-state index contributed by atoms with van der Waals surface area (Å²) in [5, 5.41) is 0. The number of ether oxygens (including phenoxy) is 1. The molecule has 3 heteroatoms. The first-order valence-corrected chi connectivity index (χ1v) is 6.08. The average molecular weight is 224 g/mol. The van der Waals surface area contributed by atoms with Crippen molar-refractivity contribution in [2.45, 2.75) is 45.1 Å². The van der Waals surface area contributed by atoms with Crippen LogP contribution >= 0.6 is 11.3 Å². The highest BCUT2D eigenvalue weighted by Crippen LogP contribution is 2.37. The van der Waals surface area contributed by atoms with Crippen LogP contribution in [0.2, 0.25) is 0 Å². The normalized spacial score (nSPS) is 21.8. The van der Waals surface area contributed by atoms with Crippen LogP contribution in [0, 0.1) is 0 Å². The summed E-state index contributed by atoms with van der Waals surface area (Å²) in [5.74, 6) is -0.0642. The molecule has 1 aliphatic rings. The zero-order valence-corrected chi connectivity index (χ0v) is 10.2. The lowest BCUT2D eigenvalue weighted by atomic mass is 9.95. The molecule has 0 radical (unpaired) electrons. The average Bonchev–Trinajstić information content (AvgIpc) is 2.69. The maximum atomic E-state index is 11.0. The third kappa shape index (κ3) is 2.23. The highest BCUT2D eigenvalue weighted by atomic mass is 32.1. The molecule has 0 aromatic carbocycles. The smallest absolute Gasteiger partial charge is 0.306 e. The molecule has 0 amide bonds. The molecule has 0 bridgehead atoms. The van der Waals surface area contributed by atoms with E-state index in [4.69, 9.17) is 4.74 Å². The van der Waals surface area contributed by atoms with E-state index in [0.717, 1.165) is 6.42 Å². The summed E-state index contributed by atoms with van der Waals surface area (Å²) in [6, 6.07) is 4.24. The van der Waals surface area contributed by atoms with E-state index >= 15 is 0 Å². The Hall–Kier alpha value is -0.830. The zero-order chi connectivity index (χ0) is 11.1. The van der Waals surface area contributed by atoms with E-state index < -0.39 is 0 Å². The maximum Gasteiger partial charge on any atom is 0.306 e. The molecular formula is C12H16O2S. The van der Waals surface area contributed by atoms with Gasteiger partial charge in [0, 0.05) is 16.2 Å². The molecule has 1 aliphatic heterocycles. The van der Waals surface area contributed by atoms with Crippen LogP contribution in [0.15, 0.2) is 12.1 Å². The van der Waals surface area contributed by atoms with Gasteiger partial charge in [-0.15, -0.1) is 11.3 Å². The molecule has 0 aliphatic carbocycles. The molecule has 15 heavy (non-hydrogen) atoms. The van der Waals surface area contributed by atoms with E-state index in [2.05, 4.69) is 32.9 Å². The van der Waals surface area contributed by atoms with Crippen molar-refractivity contribution in [1.82, 2.24) is 0 Å². The third-order valence-electron chi connectivity index (χ3n) is 2.57. The van der Waals surface area contributed by atoms with Gasteiger partial charge in [-0.25, -0.2) is 0 Å². The van der Waals surface area contributed by atoms with Crippen molar-refractivity contribution in [3.05, 3.63) is 21.9 Å². The van der Waals surface area contributed by atoms with Gasteiger partial charge < -0.3 is 4.74 Å². The van der Waals surface area contributed by atoms with Crippen LogP contribution in [0.25, 0.3) is 0 Å². The first-order chi connectivity index (χ1) is 6.97. The van der Waals surface area contributed by atoms with E-state index in [0.29, 0.717) is 6.42 Å². The standard InChI is InChI=1S/C12H16O2S/c1-12(2,3)10-6-5-9(15-10)8-4-7-11(13)14-8/h5-6,8H,4,7H2,1-3H3. The Kier molecular flexibility index (Phi) is 2.59. The number of carbonyl (C=O) groups is 1. The van der Waals surface area contributed by atoms with Gasteiger partial charge in [0.1, 0.15) is 6.10 Å². The largest absolute Gasteiger partial charge is 0.457 e. The Labute approximate surface area is 94.3 Å². The summed E-state index contributed by atoms with van der Waals surface area (Å²) in [6.07, 6.45) is 1.41. The van der Waals surface area contributed by atoms with Crippen molar-refractivity contribution < 1.29 is 9.53 Å². The quantitative estimate of drug-likeness (QED) is 0.683. The zero-order valence-electron chi connectivity index (χ0n) is 9.37. The molecule has 2 rings (SSSR count). The molecule has 1 aromatic heterocycles. The van der Waals surface area contributed by atoms with Crippen LogP contribution in [0.5, 0.6) is 0 Å². The minimum atomic E-state index is -0.0642. The SMILES string of the molecule is CC(C)(C)c1ccc(C2CCC(=O)O2)s1. The van der Waals surface area contributed by atoms with Gasteiger partial charge in [0.25, 0.3) is 0 Å². The highest BCUT2D eigenvalue weighted by molar-refractivity contribution is 7.12. The van der Waals surface area contributed by atoms with Gasteiger partial charge in [-0.3, -0.25) is 4.79 Å². The predicted octanol–water partition coefficient (Wildman–Crippen LogP) is 3.42. The molecule has 1 atom stereocenters. The molecule has 0 saturated carbocycles. The molecule has 2 heterocycles. The monoisotopic (exact) mass is 224 g/mol. The number of hydrogen-bond acceptors (Lipinski definition) is 3. The van der Waals surface area contributed by atoms with Crippen molar-refractivity contribution in [3.8, 4) is 0 Å². The fourth-order valence-electron chi connectivity index (χ4n) is 1.65. The molecule has 0 spiro atoms. The Bertz CT molecular complexity index is 373. The number of carbonyl (C=O) groups excluding carboxylic acids is 1. The van der Waals surface area contributed by atoms with Crippen molar-refractivity contribution in [2.24, 2.45) is 0 Å². The number of hydrogen-bond donors (Lipinski definition) is 0. The van der Waals surface area contributed by atoms with Crippen LogP contribution in [0.1, 0.15) is 49.5 Å². The van der Waals surface area contributed by atoms with Crippen LogP contribution in [-0.2, 0) is 14.9 Å². The molecule has 1 saturated heterocycles. The van der Waals surface area contributed by atoms with Crippen LogP contribution < -0.4 is 0 Å². The molecule has 1 unspecified atom stereocenters. The second kappa shape index (κ2) is 3.63. The lowest BCUT2D eigenvalue weighted by Gasteiger charge is -2.15. The molecule has 82 valence electrons. The second-order valence-corrected chi connectivity index (χ2v) is 6.08. The minimum absolute atomic E-state index is 0.0126. The van der Waals surface area contributed by atoms with Gasteiger partial charge in [0.05, 0.1) is 0 Å². The van der Waals surface area contributed by atoms with Crippen molar-refractivity contribution in [1.29, 1.82) is 0 Å². The Balaban J connectivity index is 2.17. The molecular weight excluding hydrogens is 208 g/mol. The number of rotatable bonds is 1. The molecule has 2 nitrogen and oxygen atoms in total. The van der Waals surface area contributed by atoms with Crippen LogP contribution in [0.4, 0.5) is 0 Å². The maximum absolute atomic E-state index is 11.0. The van der Waals surface area contributed by atoms with Crippen molar-refractivity contribution in [3.63, 3.8) is 0 Å². The van der Waals surface area contributed by atoms with E-state index in [-0.39, 0.29) is 17.5 Å². The van der Waals surface area contributed by atoms with Gasteiger partial charge >= 0.3 is 5.97 Å². The summed E-state index contributed by atoms with van der Waals surface area (Å²) in [5.41, 5.74) is 0.186. The predicted molar refractivity (Wildman–Crippen MR) is 61.1 cm³/mol. The third-order valence-corrected chi connectivity index (χ3v) is 4.17. The summed E-state index contributed by atoms with van der Waals surface area (Å²) in [6.45, 7) is 6.59. The van der Waals surface area contributed by atoms with Gasteiger partial charge in [-0.1, -0.05) is 20.8 Å². The van der Waals surface area contributed by atoms with Crippen molar-refractivity contribution in [2.75, 3.05) is 0 Å². The fraction of sp³-hybridized carbons (Fsp3) is 0.583. The Morgan fingerprint density at radius 3 is 2.60 bits per heavy atom. The van der Waals surface area contributed by atoms with Gasteiger partial charge in [-0.05, 0) is 24.0 Å².